The van der Waals surface area contributed by atoms with Gasteiger partial charge in [0.05, 0.1) is 11.5 Å². The fraction of sp³-hybridized carbons (Fsp3) is 0.536. The van der Waals surface area contributed by atoms with Gasteiger partial charge in [0.25, 0.3) is 0 Å². The van der Waals surface area contributed by atoms with Crippen LogP contribution in [0.2, 0.25) is 0 Å². The van der Waals surface area contributed by atoms with Crippen LogP contribution in [0.4, 0.5) is 0 Å². The fourth-order valence-corrected chi connectivity index (χ4v) is 5.84. The summed E-state index contributed by atoms with van der Waals surface area (Å²) in [5.41, 5.74) is 1.61. The maximum absolute atomic E-state index is 13.6. The molecule has 2 fully saturated rings. The summed E-state index contributed by atoms with van der Waals surface area (Å²) in [6.07, 6.45) is -1.59. The SMILES string of the molecule is Cc1ccc(S(=O)(=O)N[C@H](C(=O)OCc2ccccc2)[C@H](O[C@H]2CCCCO2)[C@@H]2OC(C)(C)O[C@H]2CO)cc1. The lowest BCUT2D eigenvalue weighted by molar-refractivity contribution is -0.226. The molecule has 0 amide bonds. The summed E-state index contributed by atoms with van der Waals surface area (Å²) >= 11 is 0. The molecule has 2 aromatic carbocycles. The van der Waals surface area contributed by atoms with E-state index in [0.29, 0.717) is 13.0 Å². The molecule has 2 saturated heterocycles. The summed E-state index contributed by atoms with van der Waals surface area (Å²) in [5, 5.41) is 10.1. The first-order valence-corrected chi connectivity index (χ1v) is 14.6. The Bertz CT molecular complexity index is 1180. The smallest absolute Gasteiger partial charge is 0.327 e. The number of carbonyl (C=O) groups excluding carboxylic acids is 1. The molecule has 0 aliphatic carbocycles. The molecule has 11 heteroatoms. The third-order valence-electron chi connectivity index (χ3n) is 6.59. The standard InChI is InChI=1S/C28H37NO9S/c1-19-12-14-21(15-13-19)39(32,33)29-24(27(31)35-18-20-9-5-4-6-10-20)26(36-23-11-7-8-16-34-23)25-22(17-30)37-28(2,3)38-25/h4-6,9-10,12-15,22-26,29-30H,7-8,11,16-18H2,1-3H3/t22-,23-,24-,25+,26-/m0/s1. The Morgan fingerprint density at radius 2 is 1.82 bits per heavy atom. The molecule has 0 spiro atoms. The minimum atomic E-state index is -4.20. The second kappa shape index (κ2) is 12.9. The van der Waals surface area contributed by atoms with Gasteiger partial charge in [-0.25, -0.2) is 8.42 Å². The highest BCUT2D eigenvalue weighted by atomic mass is 32.2. The zero-order valence-electron chi connectivity index (χ0n) is 22.4. The van der Waals surface area contributed by atoms with E-state index in [0.717, 1.165) is 24.0 Å². The van der Waals surface area contributed by atoms with Gasteiger partial charge >= 0.3 is 5.97 Å². The van der Waals surface area contributed by atoms with Gasteiger partial charge in [0, 0.05) is 6.61 Å². The van der Waals surface area contributed by atoms with Crippen LogP contribution in [-0.4, -0.2) is 69.1 Å². The lowest BCUT2D eigenvalue weighted by atomic mass is 10.0. The summed E-state index contributed by atoms with van der Waals surface area (Å²) < 4.78 is 59.1. The summed E-state index contributed by atoms with van der Waals surface area (Å²) in [6, 6.07) is 13.8. The molecule has 39 heavy (non-hydrogen) atoms. The molecule has 0 saturated carbocycles. The molecule has 2 aliphatic rings. The van der Waals surface area contributed by atoms with Crippen molar-refractivity contribution in [3.8, 4) is 0 Å². The number of nitrogens with one attached hydrogen (secondary N) is 1. The maximum atomic E-state index is 13.6. The van der Waals surface area contributed by atoms with Crippen molar-refractivity contribution < 1.29 is 42.0 Å². The first kappa shape index (κ1) is 29.6. The number of aliphatic hydroxyl groups is 1. The van der Waals surface area contributed by atoms with Crippen LogP contribution in [-0.2, 0) is 45.1 Å². The Morgan fingerprint density at radius 1 is 1.10 bits per heavy atom. The number of hydrogen-bond donors (Lipinski definition) is 2. The van der Waals surface area contributed by atoms with Gasteiger partial charge in [0.2, 0.25) is 10.0 Å². The van der Waals surface area contributed by atoms with E-state index < -0.39 is 59.0 Å². The minimum absolute atomic E-state index is 0.0238. The van der Waals surface area contributed by atoms with Gasteiger partial charge in [-0.1, -0.05) is 48.0 Å². The summed E-state index contributed by atoms with van der Waals surface area (Å²) in [4.78, 5) is 13.6. The van der Waals surface area contributed by atoms with Crippen molar-refractivity contribution in [1.82, 2.24) is 4.72 Å². The van der Waals surface area contributed by atoms with Crippen molar-refractivity contribution in [2.75, 3.05) is 13.2 Å². The van der Waals surface area contributed by atoms with Crippen LogP contribution in [0.15, 0.2) is 59.5 Å². The van der Waals surface area contributed by atoms with E-state index in [1.807, 2.05) is 25.1 Å². The Labute approximate surface area is 229 Å². The van der Waals surface area contributed by atoms with Gasteiger partial charge in [0.15, 0.2) is 12.1 Å². The summed E-state index contributed by atoms with van der Waals surface area (Å²) in [7, 11) is -4.20. The number of ether oxygens (including phenoxy) is 5. The van der Waals surface area contributed by atoms with Gasteiger partial charge in [-0.05, 0) is 57.7 Å². The molecule has 0 radical (unpaired) electrons. The van der Waals surface area contributed by atoms with Crippen molar-refractivity contribution in [1.29, 1.82) is 0 Å². The van der Waals surface area contributed by atoms with Crippen LogP contribution >= 0.6 is 0 Å². The van der Waals surface area contributed by atoms with Gasteiger partial charge in [-0.3, -0.25) is 4.79 Å². The average Bonchev–Trinajstić information content (AvgIpc) is 3.25. The quantitative estimate of drug-likeness (QED) is 0.397. The van der Waals surface area contributed by atoms with E-state index in [1.54, 1.807) is 38.1 Å². The first-order chi connectivity index (χ1) is 18.6. The molecule has 4 rings (SSSR count). The number of hydrogen-bond acceptors (Lipinski definition) is 9. The predicted molar refractivity (Wildman–Crippen MR) is 141 cm³/mol. The highest BCUT2D eigenvalue weighted by molar-refractivity contribution is 7.89. The van der Waals surface area contributed by atoms with E-state index in [4.69, 9.17) is 23.7 Å². The van der Waals surface area contributed by atoms with Crippen molar-refractivity contribution in [3.05, 3.63) is 65.7 Å². The monoisotopic (exact) mass is 563 g/mol. The lowest BCUT2D eigenvalue weighted by Crippen LogP contribution is -2.58. The van der Waals surface area contributed by atoms with E-state index in [9.17, 15) is 18.3 Å². The number of esters is 1. The molecule has 2 aliphatic heterocycles. The van der Waals surface area contributed by atoms with E-state index in [2.05, 4.69) is 4.72 Å². The molecule has 214 valence electrons. The first-order valence-electron chi connectivity index (χ1n) is 13.1. The zero-order valence-corrected chi connectivity index (χ0v) is 23.3. The number of carbonyl (C=O) groups is 1. The third-order valence-corrected chi connectivity index (χ3v) is 8.05. The van der Waals surface area contributed by atoms with Crippen molar-refractivity contribution >= 4 is 16.0 Å². The second-order valence-electron chi connectivity index (χ2n) is 10.2. The summed E-state index contributed by atoms with van der Waals surface area (Å²) in [5.74, 6) is -1.97. The number of rotatable bonds is 11. The molecular formula is C28H37NO9S. The normalized spacial score (nSPS) is 24.7. The fourth-order valence-electron chi connectivity index (χ4n) is 4.64. The molecule has 10 nitrogen and oxygen atoms in total. The maximum Gasteiger partial charge on any atom is 0.327 e. The Morgan fingerprint density at radius 3 is 2.46 bits per heavy atom. The van der Waals surface area contributed by atoms with Crippen molar-refractivity contribution in [2.24, 2.45) is 0 Å². The lowest BCUT2D eigenvalue weighted by Gasteiger charge is -2.35. The Hall–Kier alpha value is -2.38. The highest BCUT2D eigenvalue weighted by Gasteiger charge is 2.51. The molecule has 0 unspecified atom stereocenters. The molecule has 5 atom stereocenters. The second-order valence-corrected chi connectivity index (χ2v) is 11.9. The van der Waals surface area contributed by atoms with Crippen molar-refractivity contribution in [3.63, 3.8) is 0 Å². The largest absolute Gasteiger partial charge is 0.460 e. The van der Waals surface area contributed by atoms with Crippen LogP contribution in [0.1, 0.15) is 44.2 Å². The molecule has 2 heterocycles. The van der Waals surface area contributed by atoms with Crippen LogP contribution < -0.4 is 4.72 Å². The van der Waals surface area contributed by atoms with Crippen LogP contribution in [0, 0.1) is 6.92 Å². The molecule has 2 N–H and O–H groups in total. The Kier molecular flexibility index (Phi) is 9.76. The van der Waals surface area contributed by atoms with E-state index in [1.165, 1.54) is 12.1 Å². The number of aliphatic hydroxyl groups excluding tert-OH is 1. The average molecular weight is 564 g/mol. The van der Waals surface area contributed by atoms with Gasteiger partial charge in [0.1, 0.15) is 31.0 Å². The molecule has 2 aromatic rings. The predicted octanol–water partition coefficient (Wildman–Crippen LogP) is 2.81. The summed E-state index contributed by atoms with van der Waals surface area (Å²) in [6.45, 7) is 5.14. The minimum Gasteiger partial charge on any atom is -0.460 e. The van der Waals surface area contributed by atoms with Crippen LogP contribution in [0.25, 0.3) is 0 Å². The highest BCUT2D eigenvalue weighted by Crippen LogP contribution is 2.34. The van der Waals surface area contributed by atoms with Crippen LogP contribution in [0.3, 0.4) is 0 Å². The van der Waals surface area contributed by atoms with E-state index in [-0.39, 0.29) is 11.5 Å². The van der Waals surface area contributed by atoms with Gasteiger partial charge in [-0.2, -0.15) is 4.72 Å². The van der Waals surface area contributed by atoms with Gasteiger partial charge in [-0.15, -0.1) is 0 Å². The number of aryl methyl sites for hydroxylation is 1. The van der Waals surface area contributed by atoms with Crippen molar-refractivity contribution in [2.45, 2.75) is 88.0 Å². The van der Waals surface area contributed by atoms with E-state index >= 15 is 0 Å². The Balaban J connectivity index is 1.69. The third kappa shape index (κ3) is 7.85. The number of benzene rings is 2. The topological polar surface area (TPSA) is 130 Å². The van der Waals surface area contributed by atoms with Gasteiger partial charge < -0.3 is 28.8 Å². The molecule has 0 bridgehead atoms. The number of sulfonamides is 1. The zero-order chi connectivity index (χ0) is 28.0. The van der Waals surface area contributed by atoms with Crippen LogP contribution in [0.5, 0.6) is 0 Å². The molecular weight excluding hydrogens is 526 g/mol. The molecule has 0 aromatic heterocycles.